The molecule has 5 nitrogen and oxygen atoms in total. The van der Waals surface area contributed by atoms with Crippen LogP contribution in [0.25, 0.3) is 0 Å². The topological polar surface area (TPSA) is 72.8 Å². The second-order valence-electron chi connectivity index (χ2n) is 4.52. The Labute approximate surface area is 118 Å². The number of hydrogen-bond acceptors (Lipinski definition) is 5. The van der Waals surface area contributed by atoms with Crippen molar-refractivity contribution in [2.75, 3.05) is 14.2 Å². The van der Waals surface area contributed by atoms with Crippen molar-refractivity contribution in [3.05, 3.63) is 28.3 Å². The van der Waals surface area contributed by atoms with Gasteiger partial charge < -0.3 is 14.6 Å². The maximum Gasteiger partial charge on any atom is 0.341 e. The Morgan fingerprint density at radius 2 is 1.80 bits per heavy atom. The highest BCUT2D eigenvalue weighted by atomic mass is 16.5. The second kappa shape index (κ2) is 6.93. The lowest BCUT2D eigenvalue weighted by atomic mass is 9.94. The van der Waals surface area contributed by atoms with E-state index in [4.69, 9.17) is 4.74 Å². The monoisotopic (exact) mass is 280 g/mol. The van der Waals surface area contributed by atoms with Crippen molar-refractivity contribution in [1.29, 1.82) is 0 Å². The molecule has 0 aromatic heterocycles. The molecule has 110 valence electrons. The van der Waals surface area contributed by atoms with Crippen LogP contribution in [0.4, 0.5) is 0 Å². The van der Waals surface area contributed by atoms with Crippen LogP contribution < -0.4 is 0 Å². The molecular formula is C15H20O5. The van der Waals surface area contributed by atoms with Crippen LogP contribution >= 0.6 is 0 Å². The van der Waals surface area contributed by atoms with Gasteiger partial charge in [0.2, 0.25) is 0 Å². The minimum atomic E-state index is -0.663. The highest BCUT2D eigenvalue weighted by molar-refractivity contribution is 6.00. The summed E-state index contributed by atoms with van der Waals surface area (Å²) in [6.07, 6.45) is 2.36. The Morgan fingerprint density at radius 3 is 2.30 bits per heavy atom. The first-order valence-electron chi connectivity index (χ1n) is 6.49. The predicted molar refractivity (Wildman–Crippen MR) is 74.1 cm³/mol. The highest BCUT2D eigenvalue weighted by Crippen LogP contribution is 2.31. The maximum absolute atomic E-state index is 11.8. The standard InChI is InChI=1S/C15H20O5/c1-5-6-7-10-8-11(14(17)19-3)9(2)12(13(10)16)15(18)20-4/h8,16H,5-7H2,1-4H3. The van der Waals surface area contributed by atoms with Gasteiger partial charge in [0.25, 0.3) is 0 Å². The minimum absolute atomic E-state index is 0.0292. The van der Waals surface area contributed by atoms with Gasteiger partial charge in [-0.15, -0.1) is 0 Å². The van der Waals surface area contributed by atoms with Gasteiger partial charge in [-0.05, 0) is 37.0 Å². The van der Waals surface area contributed by atoms with Crippen LogP contribution in [0, 0.1) is 6.92 Å². The first-order chi connectivity index (χ1) is 9.47. The van der Waals surface area contributed by atoms with Gasteiger partial charge in [-0.3, -0.25) is 0 Å². The van der Waals surface area contributed by atoms with Crippen molar-refractivity contribution >= 4 is 11.9 Å². The number of carbonyl (C=O) groups excluding carboxylic acids is 2. The molecule has 0 bridgehead atoms. The third-order valence-corrected chi connectivity index (χ3v) is 3.23. The quantitative estimate of drug-likeness (QED) is 0.839. The molecule has 0 fully saturated rings. The van der Waals surface area contributed by atoms with Gasteiger partial charge >= 0.3 is 11.9 Å². The molecule has 1 rings (SSSR count). The predicted octanol–water partition coefficient (Wildman–Crippen LogP) is 2.62. The average molecular weight is 280 g/mol. The van der Waals surface area contributed by atoms with Crippen molar-refractivity contribution < 1.29 is 24.2 Å². The van der Waals surface area contributed by atoms with Crippen molar-refractivity contribution in [1.82, 2.24) is 0 Å². The van der Waals surface area contributed by atoms with E-state index in [2.05, 4.69) is 4.74 Å². The number of carbonyl (C=O) groups is 2. The van der Waals surface area contributed by atoms with E-state index >= 15 is 0 Å². The lowest BCUT2D eigenvalue weighted by molar-refractivity contribution is 0.0595. The van der Waals surface area contributed by atoms with Gasteiger partial charge in [-0.25, -0.2) is 9.59 Å². The Morgan fingerprint density at radius 1 is 1.20 bits per heavy atom. The number of ether oxygens (including phenoxy) is 2. The molecule has 1 aromatic rings. The SMILES string of the molecule is CCCCc1cc(C(=O)OC)c(C)c(C(=O)OC)c1O. The van der Waals surface area contributed by atoms with Crippen molar-refractivity contribution in [3.8, 4) is 5.75 Å². The van der Waals surface area contributed by atoms with Gasteiger partial charge in [-0.1, -0.05) is 13.3 Å². The van der Waals surface area contributed by atoms with E-state index < -0.39 is 11.9 Å². The average Bonchev–Trinajstić information content (AvgIpc) is 2.45. The summed E-state index contributed by atoms with van der Waals surface area (Å²) in [6, 6.07) is 1.58. The molecule has 0 unspecified atom stereocenters. The molecule has 0 aliphatic carbocycles. The van der Waals surface area contributed by atoms with Crippen LogP contribution in [-0.2, 0) is 15.9 Å². The summed E-state index contributed by atoms with van der Waals surface area (Å²) >= 11 is 0. The Hall–Kier alpha value is -2.04. The number of aromatic hydroxyl groups is 1. The van der Waals surface area contributed by atoms with E-state index in [0.717, 1.165) is 12.8 Å². The van der Waals surface area contributed by atoms with E-state index in [-0.39, 0.29) is 16.9 Å². The number of esters is 2. The molecule has 1 N–H and O–H groups in total. The van der Waals surface area contributed by atoms with Crippen LogP contribution in [0.15, 0.2) is 6.07 Å². The molecule has 0 saturated heterocycles. The number of phenolic OH excluding ortho intramolecular Hbond substituents is 1. The summed E-state index contributed by atoms with van der Waals surface area (Å²) < 4.78 is 9.39. The number of aryl methyl sites for hydroxylation is 1. The fraction of sp³-hybridized carbons (Fsp3) is 0.467. The number of rotatable bonds is 5. The van der Waals surface area contributed by atoms with Gasteiger partial charge in [0.1, 0.15) is 11.3 Å². The number of hydrogen-bond donors (Lipinski definition) is 1. The van der Waals surface area contributed by atoms with Crippen LogP contribution in [0.3, 0.4) is 0 Å². The van der Waals surface area contributed by atoms with E-state index in [1.165, 1.54) is 14.2 Å². The normalized spacial score (nSPS) is 10.2. The summed E-state index contributed by atoms with van der Waals surface area (Å²) in [5.74, 6) is -1.32. The fourth-order valence-corrected chi connectivity index (χ4v) is 2.06. The zero-order valence-corrected chi connectivity index (χ0v) is 12.3. The molecule has 0 spiro atoms. The molecule has 5 heteroatoms. The lowest BCUT2D eigenvalue weighted by Gasteiger charge is -2.14. The lowest BCUT2D eigenvalue weighted by Crippen LogP contribution is -2.12. The van der Waals surface area contributed by atoms with E-state index in [1.807, 2.05) is 6.92 Å². The smallest absolute Gasteiger partial charge is 0.341 e. The minimum Gasteiger partial charge on any atom is -0.507 e. The van der Waals surface area contributed by atoms with Crippen LogP contribution in [0.1, 0.15) is 51.6 Å². The molecule has 0 aliphatic heterocycles. The van der Waals surface area contributed by atoms with Gasteiger partial charge in [0.05, 0.1) is 19.8 Å². The van der Waals surface area contributed by atoms with Gasteiger partial charge in [-0.2, -0.15) is 0 Å². The Kier molecular flexibility index (Phi) is 5.55. The fourth-order valence-electron chi connectivity index (χ4n) is 2.06. The molecule has 0 atom stereocenters. The molecule has 0 radical (unpaired) electrons. The molecule has 0 amide bonds. The van der Waals surface area contributed by atoms with Gasteiger partial charge in [0.15, 0.2) is 0 Å². The molecular weight excluding hydrogens is 260 g/mol. The highest BCUT2D eigenvalue weighted by Gasteiger charge is 2.24. The second-order valence-corrected chi connectivity index (χ2v) is 4.52. The van der Waals surface area contributed by atoms with E-state index in [0.29, 0.717) is 17.5 Å². The summed E-state index contributed by atoms with van der Waals surface area (Å²) in [7, 11) is 2.51. The van der Waals surface area contributed by atoms with Crippen molar-refractivity contribution in [2.24, 2.45) is 0 Å². The van der Waals surface area contributed by atoms with E-state index in [1.54, 1.807) is 13.0 Å². The molecule has 1 aromatic carbocycles. The summed E-state index contributed by atoms with van der Waals surface area (Å²) in [4.78, 5) is 23.6. The summed E-state index contributed by atoms with van der Waals surface area (Å²) in [5.41, 5.74) is 1.22. The van der Waals surface area contributed by atoms with Crippen molar-refractivity contribution in [2.45, 2.75) is 33.1 Å². The van der Waals surface area contributed by atoms with E-state index in [9.17, 15) is 14.7 Å². The summed E-state index contributed by atoms with van der Waals surface area (Å²) in [5, 5.41) is 10.2. The first kappa shape index (κ1) is 16.0. The number of unbranched alkanes of at least 4 members (excludes halogenated alkanes) is 1. The zero-order chi connectivity index (χ0) is 15.3. The molecule has 0 aliphatic rings. The van der Waals surface area contributed by atoms with Gasteiger partial charge in [0, 0.05) is 0 Å². The zero-order valence-electron chi connectivity index (χ0n) is 12.3. The Bertz CT molecular complexity index is 519. The number of methoxy groups -OCH3 is 2. The van der Waals surface area contributed by atoms with Crippen molar-refractivity contribution in [3.63, 3.8) is 0 Å². The Balaban J connectivity index is 3.47. The number of phenols is 1. The largest absolute Gasteiger partial charge is 0.507 e. The number of benzene rings is 1. The van der Waals surface area contributed by atoms with Crippen LogP contribution in [-0.4, -0.2) is 31.3 Å². The maximum atomic E-state index is 11.8. The van der Waals surface area contributed by atoms with Crippen LogP contribution in [0.2, 0.25) is 0 Å². The molecule has 0 saturated carbocycles. The summed E-state index contributed by atoms with van der Waals surface area (Å²) in [6.45, 7) is 3.61. The molecule has 20 heavy (non-hydrogen) atoms. The van der Waals surface area contributed by atoms with Crippen LogP contribution in [0.5, 0.6) is 5.75 Å². The third kappa shape index (κ3) is 3.10. The first-order valence-corrected chi connectivity index (χ1v) is 6.49. The third-order valence-electron chi connectivity index (χ3n) is 3.23. The molecule has 0 heterocycles.